The van der Waals surface area contributed by atoms with Crippen LogP contribution < -0.4 is 0 Å². The van der Waals surface area contributed by atoms with Gasteiger partial charge in [-0.3, -0.25) is 4.79 Å². The number of nitrogens with zero attached hydrogens (tertiary/aromatic N) is 1. The Morgan fingerprint density at radius 3 is 2.88 bits per heavy atom. The molecule has 0 N–H and O–H groups in total. The highest BCUT2D eigenvalue weighted by molar-refractivity contribution is 7.99. The maximum atomic E-state index is 11.5. The van der Waals surface area contributed by atoms with Crippen LogP contribution in [0.4, 0.5) is 0 Å². The van der Waals surface area contributed by atoms with Crippen molar-refractivity contribution in [3.8, 4) is 0 Å². The summed E-state index contributed by atoms with van der Waals surface area (Å²) in [5, 5.41) is 0. The lowest BCUT2D eigenvalue weighted by Gasteiger charge is -2.14. The predicted octanol–water partition coefficient (Wildman–Crippen LogP) is 1.87. The van der Waals surface area contributed by atoms with E-state index in [4.69, 9.17) is 4.74 Å². The van der Waals surface area contributed by atoms with Gasteiger partial charge in [-0.25, -0.2) is 0 Å². The molecule has 0 bridgehead atoms. The van der Waals surface area contributed by atoms with E-state index in [2.05, 4.69) is 18.7 Å². The molecular formula is C12H23NO2S. The Bertz CT molecular complexity index is 223. The number of hydrogen-bond donors (Lipinski definition) is 0. The molecule has 1 aliphatic heterocycles. The largest absolute Gasteiger partial charge is 0.469 e. The molecule has 1 heterocycles. The van der Waals surface area contributed by atoms with Crippen LogP contribution in [-0.2, 0) is 9.53 Å². The average molecular weight is 245 g/mol. The first-order valence-electron chi connectivity index (χ1n) is 6.07. The van der Waals surface area contributed by atoms with Crippen LogP contribution in [0.3, 0.4) is 0 Å². The standard InChI is InChI=1S/C12H23NO2S/c1-4-16-7-5-6-13-8-10(2)11(9-13)12(14)15-3/h10-11H,4-9H2,1-3H3. The fraction of sp³-hybridized carbons (Fsp3) is 0.917. The van der Waals surface area contributed by atoms with Crippen LogP contribution >= 0.6 is 11.8 Å². The van der Waals surface area contributed by atoms with E-state index in [1.54, 1.807) is 0 Å². The molecule has 16 heavy (non-hydrogen) atoms. The van der Waals surface area contributed by atoms with Crippen molar-refractivity contribution in [3.05, 3.63) is 0 Å². The Labute approximate surface area is 103 Å². The maximum Gasteiger partial charge on any atom is 0.310 e. The number of rotatable bonds is 6. The molecule has 1 rings (SSSR count). The van der Waals surface area contributed by atoms with Crippen molar-refractivity contribution in [1.29, 1.82) is 0 Å². The van der Waals surface area contributed by atoms with Gasteiger partial charge in [0.1, 0.15) is 0 Å². The lowest BCUT2D eigenvalue weighted by atomic mass is 9.99. The van der Waals surface area contributed by atoms with Gasteiger partial charge in [0.15, 0.2) is 0 Å². The second-order valence-corrected chi connectivity index (χ2v) is 5.81. The summed E-state index contributed by atoms with van der Waals surface area (Å²) < 4.78 is 4.83. The molecule has 0 aromatic rings. The summed E-state index contributed by atoms with van der Waals surface area (Å²) >= 11 is 1.99. The van der Waals surface area contributed by atoms with Gasteiger partial charge in [-0.1, -0.05) is 13.8 Å². The third-order valence-corrected chi connectivity index (χ3v) is 4.14. The van der Waals surface area contributed by atoms with E-state index in [1.165, 1.54) is 25.0 Å². The van der Waals surface area contributed by atoms with Crippen LogP contribution in [0.5, 0.6) is 0 Å². The van der Waals surface area contributed by atoms with E-state index in [9.17, 15) is 4.79 Å². The molecule has 0 aromatic carbocycles. The molecule has 0 spiro atoms. The van der Waals surface area contributed by atoms with Crippen molar-refractivity contribution in [2.75, 3.05) is 38.2 Å². The lowest BCUT2D eigenvalue weighted by molar-refractivity contribution is -0.146. The topological polar surface area (TPSA) is 29.5 Å². The molecule has 1 aliphatic rings. The van der Waals surface area contributed by atoms with Gasteiger partial charge in [-0.15, -0.1) is 0 Å². The zero-order valence-electron chi connectivity index (χ0n) is 10.6. The number of carbonyl (C=O) groups excluding carboxylic acids is 1. The highest BCUT2D eigenvalue weighted by Crippen LogP contribution is 2.24. The average Bonchev–Trinajstić information content (AvgIpc) is 2.65. The molecule has 1 fully saturated rings. The van der Waals surface area contributed by atoms with Crippen LogP contribution in [0.25, 0.3) is 0 Å². The van der Waals surface area contributed by atoms with Gasteiger partial charge >= 0.3 is 5.97 Å². The minimum absolute atomic E-state index is 0.0436. The molecule has 1 saturated heterocycles. The van der Waals surface area contributed by atoms with E-state index in [0.717, 1.165) is 19.6 Å². The predicted molar refractivity (Wildman–Crippen MR) is 68.7 cm³/mol. The summed E-state index contributed by atoms with van der Waals surface area (Å²) in [6.45, 7) is 7.37. The summed E-state index contributed by atoms with van der Waals surface area (Å²) in [5.74, 6) is 2.90. The Balaban J connectivity index is 2.24. The summed E-state index contributed by atoms with van der Waals surface area (Å²) in [7, 11) is 1.48. The normalized spacial score (nSPS) is 25.9. The minimum Gasteiger partial charge on any atom is -0.469 e. The molecule has 0 aromatic heterocycles. The molecule has 0 aliphatic carbocycles. The van der Waals surface area contributed by atoms with Gasteiger partial charge < -0.3 is 9.64 Å². The van der Waals surface area contributed by atoms with Crippen molar-refractivity contribution in [2.24, 2.45) is 11.8 Å². The summed E-state index contributed by atoms with van der Waals surface area (Å²) in [5.41, 5.74) is 0. The van der Waals surface area contributed by atoms with Crippen molar-refractivity contribution >= 4 is 17.7 Å². The van der Waals surface area contributed by atoms with E-state index in [1.807, 2.05) is 11.8 Å². The monoisotopic (exact) mass is 245 g/mol. The third-order valence-electron chi connectivity index (χ3n) is 3.16. The summed E-state index contributed by atoms with van der Waals surface area (Å²) in [6.07, 6.45) is 1.22. The molecule has 94 valence electrons. The number of carbonyl (C=O) groups is 1. The van der Waals surface area contributed by atoms with E-state index in [-0.39, 0.29) is 11.9 Å². The third kappa shape index (κ3) is 3.98. The Morgan fingerprint density at radius 2 is 2.25 bits per heavy atom. The molecule has 4 heteroatoms. The summed E-state index contributed by atoms with van der Waals surface area (Å²) in [4.78, 5) is 13.9. The minimum atomic E-state index is -0.0436. The fourth-order valence-corrected chi connectivity index (χ4v) is 2.86. The number of methoxy groups -OCH3 is 1. The number of thioether (sulfide) groups is 1. The molecule has 0 saturated carbocycles. The van der Waals surface area contributed by atoms with Crippen molar-refractivity contribution < 1.29 is 9.53 Å². The highest BCUT2D eigenvalue weighted by Gasteiger charge is 2.34. The second kappa shape index (κ2) is 7.17. The van der Waals surface area contributed by atoms with Crippen LogP contribution in [-0.4, -0.2) is 49.1 Å². The lowest BCUT2D eigenvalue weighted by Crippen LogP contribution is -2.25. The van der Waals surface area contributed by atoms with Gasteiger partial charge in [-0.05, 0) is 30.4 Å². The van der Waals surface area contributed by atoms with Crippen LogP contribution in [0.15, 0.2) is 0 Å². The second-order valence-electron chi connectivity index (χ2n) is 4.42. The van der Waals surface area contributed by atoms with Gasteiger partial charge in [0.05, 0.1) is 13.0 Å². The maximum absolute atomic E-state index is 11.5. The van der Waals surface area contributed by atoms with Gasteiger partial charge in [0.2, 0.25) is 0 Å². The van der Waals surface area contributed by atoms with Crippen molar-refractivity contribution in [1.82, 2.24) is 4.90 Å². The number of esters is 1. The fourth-order valence-electron chi connectivity index (χ4n) is 2.24. The van der Waals surface area contributed by atoms with Gasteiger partial charge in [-0.2, -0.15) is 11.8 Å². The van der Waals surface area contributed by atoms with Crippen molar-refractivity contribution in [3.63, 3.8) is 0 Å². The number of likely N-dealkylation sites (tertiary alicyclic amines) is 1. The number of hydrogen-bond acceptors (Lipinski definition) is 4. The molecule has 3 nitrogen and oxygen atoms in total. The molecule has 0 amide bonds. The van der Waals surface area contributed by atoms with Crippen molar-refractivity contribution in [2.45, 2.75) is 20.3 Å². The molecule has 2 atom stereocenters. The van der Waals surface area contributed by atoms with Gasteiger partial charge in [0.25, 0.3) is 0 Å². The summed E-state index contributed by atoms with van der Waals surface area (Å²) in [6, 6.07) is 0. The quantitative estimate of drug-likeness (QED) is 0.528. The molecular weight excluding hydrogens is 222 g/mol. The first-order chi connectivity index (χ1) is 7.69. The van der Waals surface area contributed by atoms with Crippen LogP contribution in [0.1, 0.15) is 20.3 Å². The first-order valence-corrected chi connectivity index (χ1v) is 7.22. The smallest absolute Gasteiger partial charge is 0.310 e. The van der Waals surface area contributed by atoms with Crippen LogP contribution in [0, 0.1) is 11.8 Å². The zero-order valence-corrected chi connectivity index (χ0v) is 11.4. The first kappa shape index (κ1) is 13.8. The molecule has 0 radical (unpaired) electrons. The van der Waals surface area contributed by atoms with Gasteiger partial charge in [0, 0.05) is 13.1 Å². The number of ether oxygens (including phenoxy) is 1. The molecule has 2 unspecified atom stereocenters. The van der Waals surface area contributed by atoms with E-state index >= 15 is 0 Å². The Hall–Kier alpha value is -0.220. The van der Waals surface area contributed by atoms with Crippen LogP contribution in [0.2, 0.25) is 0 Å². The Kier molecular flexibility index (Phi) is 6.21. The van der Waals surface area contributed by atoms with E-state index in [0.29, 0.717) is 5.92 Å². The zero-order chi connectivity index (χ0) is 12.0. The Morgan fingerprint density at radius 1 is 1.50 bits per heavy atom. The highest BCUT2D eigenvalue weighted by atomic mass is 32.2. The van der Waals surface area contributed by atoms with E-state index < -0.39 is 0 Å². The SMILES string of the molecule is CCSCCCN1CC(C)C(C(=O)OC)C1.